The Morgan fingerprint density at radius 1 is 1.11 bits per heavy atom. The van der Waals surface area contributed by atoms with Crippen molar-refractivity contribution < 1.29 is 19.2 Å². The lowest BCUT2D eigenvalue weighted by Crippen LogP contribution is -2.25. The van der Waals surface area contributed by atoms with E-state index < -0.39 is 27.8 Å². The number of H-pyrrole nitrogens is 2. The summed E-state index contributed by atoms with van der Waals surface area (Å²) in [4.78, 5) is 47.9. The molecule has 10 nitrogen and oxygen atoms in total. The fourth-order valence-electron chi connectivity index (χ4n) is 2.36. The number of carbonyl (C=O) groups is 1. The minimum Gasteiger partial charge on any atom is -0.545 e. The second-order valence-corrected chi connectivity index (χ2v) is 5.33. The molecule has 10 heteroatoms. The number of carboxylic acid groups (broad SMARTS) is 1. The maximum Gasteiger partial charge on any atom is 0.357 e. The molecule has 0 spiro atoms. The highest BCUT2D eigenvalue weighted by molar-refractivity contribution is 5.87. The van der Waals surface area contributed by atoms with Gasteiger partial charge in [0, 0.05) is 5.56 Å². The minimum atomic E-state index is -1.32. The molecule has 0 aliphatic rings. The van der Waals surface area contributed by atoms with Crippen molar-refractivity contribution >= 4 is 23.8 Å². The molecule has 0 unspecified atom stereocenters. The van der Waals surface area contributed by atoms with E-state index in [9.17, 15) is 29.6 Å². The van der Waals surface area contributed by atoms with Crippen LogP contribution in [0, 0.1) is 10.1 Å². The first-order valence-electron chi connectivity index (χ1n) is 7.46. The molecule has 0 fully saturated rings. The Hall–Kier alpha value is -4.21. The lowest BCUT2D eigenvalue weighted by atomic mass is 10.1. The summed E-state index contributed by atoms with van der Waals surface area (Å²) in [5, 5.41) is 21.9. The average Bonchev–Trinajstić information content (AvgIpc) is 3.08. The van der Waals surface area contributed by atoms with Crippen LogP contribution in [-0.2, 0) is 0 Å². The van der Waals surface area contributed by atoms with E-state index in [4.69, 9.17) is 4.42 Å². The maximum absolute atomic E-state index is 11.6. The standard InChI is InChI=1S/C17H11N3O7/c21-15-14(20(25)26)12(18-17(24)19-15)6-4-11-5-7-13(27-11)9-2-1-3-10(8-9)16(22)23/h1-8H,(H,22,23)(H2,18,19,21,24)/p-1. The first kappa shape index (κ1) is 17.6. The summed E-state index contributed by atoms with van der Waals surface area (Å²) in [5.41, 5.74) is -2.62. The van der Waals surface area contributed by atoms with E-state index in [1.165, 1.54) is 30.3 Å². The molecule has 0 amide bonds. The first-order valence-corrected chi connectivity index (χ1v) is 7.46. The third kappa shape index (κ3) is 3.74. The van der Waals surface area contributed by atoms with Crippen LogP contribution in [0.5, 0.6) is 0 Å². The summed E-state index contributed by atoms with van der Waals surface area (Å²) < 4.78 is 5.54. The number of nitrogens with zero attached hydrogens (tertiary/aromatic N) is 1. The van der Waals surface area contributed by atoms with Gasteiger partial charge in [-0.05, 0) is 35.9 Å². The molecule has 3 aromatic rings. The van der Waals surface area contributed by atoms with Gasteiger partial charge in [-0.3, -0.25) is 19.9 Å². The van der Waals surface area contributed by atoms with E-state index in [-0.39, 0.29) is 17.0 Å². The number of aromatic nitrogens is 2. The van der Waals surface area contributed by atoms with E-state index in [2.05, 4.69) is 4.98 Å². The summed E-state index contributed by atoms with van der Waals surface area (Å²) in [6.45, 7) is 0. The van der Waals surface area contributed by atoms with Crippen molar-refractivity contribution in [2.24, 2.45) is 0 Å². The van der Waals surface area contributed by atoms with Crippen LogP contribution < -0.4 is 16.4 Å². The Morgan fingerprint density at radius 2 is 1.89 bits per heavy atom. The Bertz CT molecular complexity index is 1180. The fourth-order valence-corrected chi connectivity index (χ4v) is 2.36. The number of hydrogen-bond donors (Lipinski definition) is 2. The molecule has 0 radical (unpaired) electrons. The van der Waals surface area contributed by atoms with Gasteiger partial charge in [-0.1, -0.05) is 18.2 Å². The zero-order chi connectivity index (χ0) is 19.6. The van der Waals surface area contributed by atoms with E-state index in [1.807, 2.05) is 0 Å². The van der Waals surface area contributed by atoms with Crippen LogP contribution in [0.25, 0.3) is 23.5 Å². The first-order chi connectivity index (χ1) is 12.8. The zero-order valence-corrected chi connectivity index (χ0v) is 13.4. The van der Waals surface area contributed by atoms with Gasteiger partial charge in [0.25, 0.3) is 0 Å². The van der Waals surface area contributed by atoms with Crippen LogP contribution in [0.1, 0.15) is 21.8 Å². The largest absolute Gasteiger partial charge is 0.545 e. The Kier molecular flexibility index (Phi) is 4.54. The fraction of sp³-hybridized carbons (Fsp3) is 0. The lowest BCUT2D eigenvalue weighted by Gasteiger charge is -2.03. The summed E-state index contributed by atoms with van der Waals surface area (Å²) in [6.07, 6.45) is 2.48. The topological polar surface area (TPSA) is 162 Å². The second-order valence-electron chi connectivity index (χ2n) is 5.33. The highest BCUT2D eigenvalue weighted by atomic mass is 16.6. The average molecular weight is 368 g/mol. The Morgan fingerprint density at radius 3 is 2.59 bits per heavy atom. The number of benzene rings is 1. The normalized spacial score (nSPS) is 11.0. The van der Waals surface area contributed by atoms with Crippen LogP contribution in [0.4, 0.5) is 5.69 Å². The van der Waals surface area contributed by atoms with Gasteiger partial charge in [0.15, 0.2) is 0 Å². The molecule has 3 rings (SSSR count). The van der Waals surface area contributed by atoms with Crippen molar-refractivity contribution in [2.75, 3.05) is 0 Å². The molecule has 2 aromatic heterocycles. The van der Waals surface area contributed by atoms with Crippen molar-refractivity contribution in [2.45, 2.75) is 0 Å². The third-order valence-corrected chi connectivity index (χ3v) is 3.55. The van der Waals surface area contributed by atoms with Crippen LogP contribution in [0.2, 0.25) is 0 Å². The maximum atomic E-state index is 11.6. The highest BCUT2D eigenvalue weighted by Gasteiger charge is 2.18. The molecule has 0 aliphatic heterocycles. The molecule has 1 aromatic carbocycles. The summed E-state index contributed by atoms with van der Waals surface area (Å²) in [7, 11) is 0. The number of furan rings is 1. The van der Waals surface area contributed by atoms with Gasteiger partial charge in [0.1, 0.15) is 17.2 Å². The molecule has 0 saturated heterocycles. The van der Waals surface area contributed by atoms with Gasteiger partial charge in [-0.2, -0.15) is 0 Å². The van der Waals surface area contributed by atoms with Crippen LogP contribution in [0.3, 0.4) is 0 Å². The number of nitrogens with one attached hydrogen (secondary N) is 2. The minimum absolute atomic E-state index is 0.0160. The quantitative estimate of drug-likeness (QED) is 0.496. The molecule has 0 saturated carbocycles. The van der Waals surface area contributed by atoms with Gasteiger partial charge >= 0.3 is 16.9 Å². The van der Waals surface area contributed by atoms with Crippen molar-refractivity contribution in [3.63, 3.8) is 0 Å². The molecular formula is C17H10N3O7-. The van der Waals surface area contributed by atoms with Gasteiger partial charge in [-0.25, -0.2) is 4.79 Å². The number of nitro groups is 1. The summed E-state index contributed by atoms with van der Waals surface area (Å²) in [5.74, 6) is -0.708. The van der Waals surface area contributed by atoms with Crippen molar-refractivity contribution in [3.8, 4) is 11.3 Å². The Labute approximate surface area is 149 Å². The SMILES string of the molecule is O=C([O-])c1cccc(-c2ccc(C=Cc3[nH]c(=O)[nH]c(=O)c3[N+](=O)[O-])o2)c1. The van der Waals surface area contributed by atoms with Crippen molar-refractivity contribution in [1.29, 1.82) is 0 Å². The molecule has 136 valence electrons. The molecule has 0 atom stereocenters. The lowest BCUT2D eigenvalue weighted by molar-refractivity contribution is -0.386. The number of rotatable bonds is 5. The number of carbonyl (C=O) groups excluding carboxylic acids is 1. The zero-order valence-electron chi connectivity index (χ0n) is 13.4. The summed E-state index contributed by atoms with van der Waals surface area (Å²) in [6, 6.07) is 9.03. The monoisotopic (exact) mass is 368 g/mol. The van der Waals surface area contributed by atoms with Gasteiger partial charge in [-0.15, -0.1) is 0 Å². The van der Waals surface area contributed by atoms with Crippen LogP contribution in [-0.4, -0.2) is 20.9 Å². The number of carboxylic acids is 1. The highest BCUT2D eigenvalue weighted by Crippen LogP contribution is 2.24. The Balaban J connectivity index is 1.94. The predicted molar refractivity (Wildman–Crippen MR) is 91.7 cm³/mol. The van der Waals surface area contributed by atoms with E-state index in [0.29, 0.717) is 11.3 Å². The number of aromatic amines is 2. The van der Waals surface area contributed by atoms with Crippen LogP contribution in [0.15, 0.2) is 50.4 Å². The van der Waals surface area contributed by atoms with E-state index in [1.54, 1.807) is 17.1 Å². The van der Waals surface area contributed by atoms with Gasteiger partial charge < -0.3 is 19.3 Å². The number of aromatic carboxylic acids is 1. The van der Waals surface area contributed by atoms with E-state index >= 15 is 0 Å². The van der Waals surface area contributed by atoms with E-state index in [0.717, 1.165) is 6.08 Å². The molecular weight excluding hydrogens is 358 g/mol. The number of hydrogen-bond acceptors (Lipinski definition) is 7. The van der Waals surface area contributed by atoms with Gasteiger partial charge in [0.05, 0.1) is 10.9 Å². The van der Waals surface area contributed by atoms with Gasteiger partial charge in [0.2, 0.25) is 0 Å². The summed E-state index contributed by atoms with van der Waals surface area (Å²) >= 11 is 0. The molecule has 2 heterocycles. The molecule has 0 bridgehead atoms. The molecule has 0 aliphatic carbocycles. The van der Waals surface area contributed by atoms with Crippen molar-refractivity contribution in [1.82, 2.24) is 9.97 Å². The van der Waals surface area contributed by atoms with Crippen molar-refractivity contribution in [3.05, 3.63) is 84.4 Å². The van der Waals surface area contributed by atoms with Crippen LogP contribution >= 0.6 is 0 Å². The third-order valence-electron chi connectivity index (χ3n) is 3.55. The smallest absolute Gasteiger partial charge is 0.357 e. The second kappa shape index (κ2) is 6.96. The molecule has 2 N–H and O–H groups in total. The predicted octanol–water partition coefficient (Wildman–Crippen LogP) is 0.765. The molecule has 27 heavy (non-hydrogen) atoms.